The first kappa shape index (κ1) is 12.3. The van der Waals surface area contributed by atoms with E-state index in [2.05, 4.69) is 0 Å². The molecular formula is C11H13NO4. The molecule has 0 saturated carbocycles. The average molecular weight is 223 g/mol. The van der Waals surface area contributed by atoms with Gasteiger partial charge < -0.3 is 19.7 Å². The Morgan fingerprint density at radius 3 is 2.75 bits per heavy atom. The van der Waals surface area contributed by atoms with Gasteiger partial charge in [0, 0.05) is 6.07 Å². The van der Waals surface area contributed by atoms with Crippen molar-refractivity contribution in [2.45, 2.75) is 6.10 Å². The number of methoxy groups -OCH3 is 1. The Balaban J connectivity index is 2.80. The number of aliphatic hydroxyl groups is 2. The van der Waals surface area contributed by atoms with Crippen molar-refractivity contribution in [1.82, 2.24) is 0 Å². The third-order valence-electron chi connectivity index (χ3n) is 1.93. The summed E-state index contributed by atoms with van der Waals surface area (Å²) < 4.78 is 10.3. The molecule has 0 aliphatic heterocycles. The van der Waals surface area contributed by atoms with Gasteiger partial charge in [-0.2, -0.15) is 5.26 Å². The van der Waals surface area contributed by atoms with Crippen molar-refractivity contribution in [1.29, 1.82) is 5.26 Å². The van der Waals surface area contributed by atoms with Crippen LogP contribution in [0.25, 0.3) is 0 Å². The van der Waals surface area contributed by atoms with Gasteiger partial charge in [-0.15, -0.1) is 0 Å². The summed E-state index contributed by atoms with van der Waals surface area (Å²) in [6.07, 6.45) is -0.949. The van der Waals surface area contributed by atoms with Crippen molar-refractivity contribution in [2.75, 3.05) is 20.3 Å². The molecule has 0 fully saturated rings. The normalized spacial score (nSPS) is 11.6. The maximum absolute atomic E-state index is 9.13. The van der Waals surface area contributed by atoms with Gasteiger partial charge in [0.1, 0.15) is 12.7 Å². The number of rotatable bonds is 5. The van der Waals surface area contributed by atoms with Crippen molar-refractivity contribution < 1.29 is 19.7 Å². The lowest BCUT2D eigenvalue weighted by Gasteiger charge is -2.12. The quantitative estimate of drug-likeness (QED) is 0.750. The fourth-order valence-electron chi connectivity index (χ4n) is 1.10. The maximum atomic E-state index is 9.13. The highest BCUT2D eigenvalue weighted by Crippen LogP contribution is 2.27. The van der Waals surface area contributed by atoms with E-state index in [-0.39, 0.29) is 13.2 Å². The number of hydrogen-bond acceptors (Lipinski definition) is 5. The second-order valence-corrected chi connectivity index (χ2v) is 3.12. The molecule has 1 unspecified atom stereocenters. The molecule has 0 aliphatic rings. The summed E-state index contributed by atoms with van der Waals surface area (Å²) in [5, 5.41) is 26.5. The third-order valence-corrected chi connectivity index (χ3v) is 1.93. The Morgan fingerprint density at radius 2 is 2.19 bits per heavy atom. The monoisotopic (exact) mass is 223 g/mol. The van der Waals surface area contributed by atoms with Crippen molar-refractivity contribution in [3.05, 3.63) is 23.8 Å². The molecule has 0 spiro atoms. The summed E-state index contributed by atoms with van der Waals surface area (Å²) in [5.41, 5.74) is 0.439. The lowest BCUT2D eigenvalue weighted by Crippen LogP contribution is -2.21. The molecule has 5 heteroatoms. The van der Waals surface area contributed by atoms with Crippen molar-refractivity contribution >= 4 is 0 Å². The van der Waals surface area contributed by atoms with Crippen molar-refractivity contribution in [2.24, 2.45) is 0 Å². The molecule has 0 aromatic heterocycles. The van der Waals surface area contributed by atoms with Crippen LogP contribution in [0, 0.1) is 11.3 Å². The zero-order valence-corrected chi connectivity index (χ0v) is 8.88. The van der Waals surface area contributed by atoms with E-state index in [0.717, 1.165) is 0 Å². The molecule has 0 heterocycles. The van der Waals surface area contributed by atoms with Gasteiger partial charge in [0.25, 0.3) is 0 Å². The first-order valence-corrected chi connectivity index (χ1v) is 4.71. The Kier molecular flexibility index (Phi) is 4.58. The standard InChI is InChI=1S/C11H13NO4/c1-15-10-3-2-8(5-12)4-11(10)16-7-9(14)6-13/h2-4,9,13-14H,6-7H2,1H3. The van der Waals surface area contributed by atoms with E-state index in [9.17, 15) is 0 Å². The average Bonchev–Trinajstić information content (AvgIpc) is 2.35. The number of aliphatic hydroxyl groups excluding tert-OH is 2. The van der Waals surface area contributed by atoms with Gasteiger partial charge in [0.05, 0.1) is 25.3 Å². The topological polar surface area (TPSA) is 82.7 Å². The molecule has 2 N–H and O–H groups in total. The highest BCUT2D eigenvalue weighted by Gasteiger charge is 2.08. The molecule has 0 aliphatic carbocycles. The van der Waals surface area contributed by atoms with E-state index in [1.54, 1.807) is 12.1 Å². The summed E-state index contributed by atoms with van der Waals surface area (Å²) in [6, 6.07) is 6.71. The molecule has 0 amide bonds. The maximum Gasteiger partial charge on any atom is 0.162 e. The smallest absolute Gasteiger partial charge is 0.162 e. The minimum Gasteiger partial charge on any atom is -0.493 e. The third kappa shape index (κ3) is 3.12. The van der Waals surface area contributed by atoms with Crippen LogP contribution in [0.2, 0.25) is 0 Å². The van der Waals surface area contributed by atoms with Crippen LogP contribution in [0.15, 0.2) is 18.2 Å². The predicted octanol–water partition coefficient (Wildman–Crippen LogP) is 0.299. The van der Waals surface area contributed by atoms with Crippen LogP contribution in [0.1, 0.15) is 5.56 Å². The van der Waals surface area contributed by atoms with Crippen LogP contribution < -0.4 is 9.47 Å². The minimum atomic E-state index is -0.949. The molecular weight excluding hydrogens is 210 g/mol. The molecule has 1 rings (SSSR count). The fourth-order valence-corrected chi connectivity index (χ4v) is 1.10. The van der Waals surface area contributed by atoms with Crippen LogP contribution in [0.3, 0.4) is 0 Å². The lowest BCUT2D eigenvalue weighted by molar-refractivity contribution is 0.0527. The van der Waals surface area contributed by atoms with Crippen LogP contribution in [-0.4, -0.2) is 36.6 Å². The summed E-state index contributed by atoms with van der Waals surface area (Å²) >= 11 is 0. The first-order chi connectivity index (χ1) is 7.71. The minimum absolute atomic E-state index is 0.0538. The SMILES string of the molecule is COc1ccc(C#N)cc1OCC(O)CO. The van der Waals surface area contributed by atoms with Gasteiger partial charge in [-0.25, -0.2) is 0 Å². The second kappa shape index (κ2) is 5.95. The van der Waals surface area contributed by atoms with Crippen molar-refractivity contribution in [3.8, 4) is 17.6 Å². The zero-order chi connectivity index (χ0) is 12.0. The Hall–Kier alpha value is -1.77. The van der Waals surface area contributed by atoms with E-state index >= 15 is 0 Å². The van der Waals surface area contributed by atoms with E-state index in [0.29, 0.717) is 17.1 Å². The highest BCUT2D eigenvalue weighted by atomic mass is 16.5. The molecule has 0 saturated heterocycles. The molecule has 0 bridgehead atoms. The number of nitriles is 1. The van der Waals surface area contributed by atoms with Gasteiger partial charge in [-0.05, 0) is 12.1 Å². The van der Waals surface area contributed by atoms with Crippen molar-refractivity contribution in [3.63, 3.8) is 0 Å². The van der Waals surface area contributed by atoms with Crippen LogP contribution >= 0.6 is 0 Å². The fraction of sp³-hybridized carbons (Fsp3) is 0.364. The van der Waals surface area contributed by atoms with E-state index in [4.69, 9.17) is 24.9 Å². The number of hydrogen-bond donors (Lipinski definition) is 2. The largest absolute Gasteiger partial charge is 0.493 e. The first-order valence-electron chi connectivity index (χ1n) is 4.71. The van der Waals surface area contributed by atoms with Gasteiger partial charge in [-0.3, -0.25) is 0 Å². The van der Waals surface area contributed by atoms with Gasteiger partial charge in [0.15, 0.2) is 11.5 Å². The Morgan fingerprint density at radius 1 is 1.44 bits per heavy atom. The van der Waals surface area contributed by atoms with Gasteiger partial charge >= 0.3 is 0 Å². The Labute approximate surface area is 93.5 Å². The van der Waals surface area contributed by atoms with Crippen LogP contribution in [0.4, 0.5) is 0 Å². The molecule has 16 heavy (non-hydrogen) atoms. The molecule has 1 aromatic rings. The van der Waals surface area contributed by atoms with E-state index in [1.807, 2.05) is 6.07 Å². The number of ether oxygens (including phenoxy) is 2. The predicted molar refractivity (Wildman–Crippen MR) is 56.3 cm³/mol. The number of benzene rings is 1. The molecule has 5 nitrogen and oxygen atoms in total. The number of nitrogens with zero attached hydrogens (tertiary/aromatic N) is 1. The molecule has 0 radical (unpaired) electrons. The summed E-state index contributed by atoms with van der Waals surface area (Å²) in [7, 11) is 1.48. The Bertz CT molecular complexity index is 386. The highest BCUT2D eigenvalue weighted by molar-refractivity contribution is 5.46. The van der Waals surface area contributed by atoms with E-state index < -0.39 is 6.10 Å². The summed E-state index contributed by atoms with van der Waals surface area (Å²) in [4.78, 5) is 0. The van der Waals surface area contributed by atoms with Crippen LogP contribution in [-0.2, 0) is 0 Å². The summed E-state index contributed by atoms with van der Waals surface area (Å²) in [5.74, 6) is 0.846. The molecule has 1 atom stereocenters. The lowest BCUT2D eigenvalue weighted by atomic mass is 10.2. The molecule has 86 valence electrons. The van der Waals surface area contributed by atoms with Gasteiger partial charge in [-0.1, -0.05) is 0 Å². The zero-order valence-electron chi connectivity index (χ0n) is 8.88. The molecule has 1 aromatic carbocycles. The summed E-state index contributed by atoms with van der Waals surface area (Å²) in [6.45, 7) is -0.429. The van der Waals surface area contributed by atoms with Crippen LogP contribution in [0.5, 0.6) is 11.5 Å². The second-order valence-electron chi connectivity index (χ2n) is 3.12. The van der Waals surface area contributed by atoms with E-state index in [1.165, 1.54) is 13.2 Å². The van der Waals surface area contributed by atoms with Gasteiger partial charge in [0.2, 0.25) is 0 Å².